The summed E-state index contributed by atoms with van der Waals surface area (Å²) in [5.41, 5.74) is 4.56. The minimum absolute atomic E-state index is 0.0804. The van der Waals surface area contributed by atoms with Gasteiger partial charge in [-0.05, 0) is 47.8 Å². The molecule has 2 rings (SSSR count). The van der Waals surface area contributed by atoms with Gasteiger partial charge >= 0.3 is 0 Å². The molecule has 1 atom stereocenters. The molecule has 1 heterocycles. The number of hydrogen-bond donors (Lipinski definition) is 2. The molecule has 8 heteroatoms. The van der Waals surface area contributed by atoms with E-state index in [2.05, 4.69) is 20.7 Å². The van der Waals surface area contributed by atoms with Gasteiger partial charge in [0.05, 0.1) is 22.7 Å². The molecule has 0 radical (unpaired) electrons. The number of anilines is 1. The largest absolute Gasteiger partial charge is 0.396 e. The van der Waals surface area contributed by atoms with Crippen LogP contribution in [0.2, 0.25) is 0 Å². The standard InChI is InChI=1S/C12H16BrFN2O3S/c1-12(3-2-4-19-7-12)16-20(17,18)11-6-10(15)9(14)5-8(11)13/h5-6,16H,2-4,7,15H2,1H3. The second-order valence-electron chi connectivity index (χ2n) is 5.13. The molecule has 0 saturated carbocycles. The number of nitrogens with one attached hydrogen (secondary N) is 1. The molecule has 1 aromatic carbocycles. The topological polar surface area (TPSA) is 81.4 Å². The lowest BCUT2D eigenvalue weighted by Crippen LogP contribution is -2.51. The lowest BCUT2D eigenvalue weighted by atomic mass is 9.97. The van der Waals surface area contributed by atoms with Gasteiger partial charge in [0.25, 0.3) is 0 Å². The predicted octanol–water partition coefficient (Wildman–Crippen LogP) is 2.02. The minimum atomic E-state index is -3.81. The lowest BCUT2D eigenvalue weighted by molar-refractivity contribution is 0.0386. The normalized spacial score (nSPS) is 23.8. The van der Waals surface area contributed by atoms with Crippen LogP contribution in [0.4, 0.5) is 10.1 Å². The van der Waals surface area contributed by atoms with Crippen LogP contribution in [0.15, 0.2) is 21.5 Å². The number of nitrogen functional groups attached to an aromatic ring is 1. The number of rotatable bonds is 3. The van der Waals surface area contributed by atoms with Crippen molar-refractivity contribution in [2.75, 3.05) is 18.9 Å². The first-order valence-corrected chi connectivity index (χ1v) is 8.37. The molecule has 5 nitrogen and oxygen atoms in total. The van der Waals surface area contributed by atoms with Crippen molar-refractivity contribution in [3.8, 4) is 0 Å². The quantitative estimate of drug-likeness (QED) is 0.801. The fourth-order valence-corrected chi connectivity index (χ4v) is 4.62. The molecule has 0 aromatic heterocycles. The monoisotopic (exact) mass is 366 g/mol. The van der Waals surface area contributed by atoms with Crippen molar-refractivity contribution in [3.05, 3.63) is 22.4 Å². The van der Waals surface area contributed by atoms with E-state index < -0.39 is 21.4 Å². The van der Waals surface area contributed by atoms with Gasteiger partial charge in [0.2, 0.25) is 10.0 Å². The van der Waals surface area contributed by atoms with Crippen LogP contribution in [0.3, 0.4) is 0 Å². The van der Waals surface area contributed by atoms with Gasteiger partial charge < -0.3 is 10.5 Å². The molecule has 0 spiro atoms. The second-order valence-corrected chi connectivity index (χ2v) is 7.63. The van der Waals surface area contributed by atoms with E-state index in [-0.39, 0.29) is 15.1 Å². The van der Waals surface area contributed by atoms with Crippen molar-refractivity contribution in [2.45, 2.75) is 30.2 Å². The highest BCUT2D eigenvalue weighted by Crippen LogP contribution is 2.29. The van der Waals surface area contributed by atoms with Crippen LogP contribution in [0, 0.1) is 5.82 Å². The fourth-order valence-electron chi connectivity index (χ4n) is 2.14. The van der Waals surface area contributed by atoms with Crippen molar-refractivity contribution in [1.29, 1.82) is 0 Å². The van der Waals surface area contributed by atoms with Crippen LogP contribution in [0.5, 0.6) is 0 Å². The van der Waals surface area contributed by atoms with E-state index in [0.29, 0.717) is 19.6 Å². The average Bonchev–Trinajstić information content (AvgIpc) is 2.33. The van der Waals surface area contributed by atoms with Crippen molar-refractivity contribution in [1.82, 2.24) is 4.72 Å². The summed E-state index contributed by atoms with van der Waals surface area (Å²) < 4.78 is 46.2. The zero-order chi connectivity index (χ0) is 15.0. The van der Waals surface area contributed by atoms with Gasteiger partial charge in [0.1, 0.15) is 5.82 Å². The van der Waals surface area contributed by atoms with E-state index in [1.54, 1.807) is 6.92 Å². The zero-order valence-electron chi connectivity index (χ0n) is 10.9. The number of sulfonamides is 1. The molecule has 1 unspecified atom stereocenters. The third-order valence-electron chi connectivity index (χ3n) is 3.16. The Morgan fingerprint density at radius 3 is 2.80 bits per heavy atom. The van der Waals surface area contributed by atoms with E-state index in [1.165, 1.54) is 0 Å². The first kappa shape index (κ1) is 15.7. The number of hydrogen-bond acceptors (Lipinski definition) is 4. The van der Waals surface area contributed by atoms with Crippen molar-refractivity contribution >= 4 is 31.6 Å². The maximum atomic E-state index is 13.3. The van der Waals surface area contributed by atoms with E-state index in [1.807, 2.05) is 0 Å². The Kier molecular flexibility index (Phi) is 4.38. The Labute approximate surface area is 125 Å². The summed E-state index contributed by atoms with van der Waals surface area (Å²) in [6.45, 7) is 2.72. The molecule has 112 valence electrons. The molecule has 1 aliphatic rings. The number of ether oxygens (including phenoxy) is 1. The summed E-state index contributed by atoms with van der Waals surface area (Å²) in [5.74, 6) is -0.664. The van der Waals surface area contributed by atoms with Crippen LogP contribution < -0.4 is 10.5 Å². The number of halogens is 2. The third-order valence-corrected chi connectivity index (χ3v) is 5.76. The van der Waals surface area contributed by atoms with Crippen molar-refractivity contribution < 1.29 is 17.5 Å². The minimum Gasteiger partial charge on any atom is -0.396 e. The number of benzene rings is 1. The summed E-state index contributed by atoms with van der Waals surface area (Å²) in [6, 6.07) is 2.15. The van der Waals surface area contributed by atoms with Crippen LogP contribution in [0.1, 0.15) is 19.8 Å². The van der Waals surface area contributed by atoms with E-state index >= 15 is 0 Å². The van der Waals surface area contributed by atoms with Crippen LogP contribution in [-0.4, -0.2) is 27.2 Å². The van der Waals surface area contributed by atoms with Crippen molar-refractivity contribution in [2.24, 2.45) is 0 Å². The van der Waals surface area contributed by atoms with E-state index in [9.17, 15) is 12.8 Å². The van der Waals surface area contributed by atoms with E-state index in [4.69, 9.17) is 10.5 Å². The molecule has 1 saturated heterocycles. The Balaban J connectivity index is 2.33. The summed E-state index contributed by atoms with van der Waals surface area (Å²) in [5, 5.41) is 0. The summed E-state index contributed by atoms with van der Waals surface area (Å²) >= 11 is 3.05. The Hall–Kier alpha value is -0.700. The highest BCUT2D eigenvalue weighted by Gasteiger charge is 2.34. The number of nitrogens with two attached hydrogens (primary N) is 1. The maximum Gasteiger partial charge on any atom is 0.242 e. The average molecular weight is 367 g/mol. The molecule has 0 aliphatic carbocycles. The van der Waals surface area contributed by atoms with Gasteiger partial charge in [0, 0.05) is 11.1 Å². The van der Waals surface area contributed by atoms with Crippen LogP contribution in [0.25, 0.3) is 0 Å². The molecule has 20 heavy (non-hydrogen) atoms. The highest BCUT2D eigenvalue weighted by molar-refractivity contribution is 9.10. The zero-order valence-corrected chi connectivity index (χ0v) is 13.4. The van der Waals surface area contributed by atoms with Gasteiger partial charge in [-0.25, -0.2) is 17.5 Å². The molecular weight excluding hydrogens is 351 g/mol. The van der Waals surface area contributed by atoms with Gasteiger partial charge in [-0.1, -0.05) is 0 Å². The molecule has 1 fully saturated rings. The summed E-state index contributed by atoms with van der Waals surface area (Å²) in [4.78, 5) is -0.0804. The van der Waals surface area contributed by atoms with Crippen LogP contribution in [-0.2, 0) is 14.8 Å². The smallest absolute Gasteiger partial charge is 0.242 e. The molecule has 0 bridgehead atoms. The lowest BCUT2D eigenvalue weighted by Gasteiger charge is -2.34. The fraction of sp³-hybridized carbons (Fsp3) is 0.500. The molecule has 1 aromatic rings. The van der Waals surface area contributed by atoms with Gasteiger partial charge in [-0.2, -0.15) is 0 Å². The van der Waals surface area contributed by atoms with Gasteiger partial charge in [-0.3, -0.25) is 0 Å². The SMILES string of the molecule is CC1(NS(=O)(=O)c2cc(N)c(F)cc2Br)CCCOC1. The maximum absolute atomic E-state index is 13.3. The Bertz CT molecular complexity index is 615. The summed E-state index contributed by atoms with van der Waals surface area (Å²) in [7, 11) is -3.81. The molecule has 3 N–H and O–H groups in total. The highest BCUT2D eigenvalue weighted by atomic mass is 79.9. The van der Waals surface area contributed by atoms with E-state index in [0.717, 1.165) is 18.6 Å². The predicted molar refractivity (Wildman–Crippen MR) is 77.3 cm³/mol. The Morgan fingerprint density at radius 1 is 1.50 bits per heavy atom. The third kappa shape index (κ3) is 3.30. The van der Waals surface area contributed by atoms with Crippen LogP contribution >= 0.6 is 15.9 Å². The second kappa shape index (κ2) is 5.59. The van der Waals surface area contributed by atoms with Gasteiger partial charge in [-0.15, -0.1) is 0 Å². The summed E-state index contributed by atoms with van der Waals surface area (Å²) in [6.07, 6.45) is 1.46. The molecule has 1 aliphatic heterocycles. The molecule has 0 amide bonds. The first-order chi connectivity index (χ1) is 9.23. The first-order valence-electron chi connectivity index (χ1n) is 6.10. The molecular formula is C12H16BrFN2O3S. The van der Waals surface area contributed by atoms with Crippen molar-refractivity contribution in [3.63, 3.8) is 0 Å². The van der Waals surface area contributed by atoms with Gasteiger partial charge in [0.15, 0.2) is 0 Å². The Morgan fingerprint density at radius 2 is 2.20 bits per heavy atom.